The number of alkyl halides is 1. The summed E-state index contributed by atoms with van der Waals surface area (Å²) in [5.41, 5.74) is -0.172. The minimum atomic E-state index is -1.67. The second kappa shape index (κ2) is 4.95. The van der Waals surface area contributed by atoms with Crippen molar-refractivity contribution in [2.45, 2.75) is 63.2 Å². The van der Waals surface area contributed by atoms with Gasteiger partial charge in [-0.25, -0.2) is 0 Å². The molecule has 1 aliphatic rings. The monoisotopic (exact) mass is 322 g/mol. The molecule has 0 bridgehead atoms. The molecule has 0 N–H and O–H groups in total. The summed E-state index contributed by atoms with van der Waals surface area (Å²) < 4.78 is 12.2. The number of hydrogen-bond acceptors (Lipinski definition) is 2. The Hall–Kier alpha value is 0.617. The highest BCUT2D eigenvalue weighted by atomic mass is 79.9. The highest BCUT2D eigenvalue weighted by Crippen LogP contribution is 2.40. The lowest BCUT2D eigenvalue weighted by Crippen LogP contribution is -2.47. The Kier molecular flexibility index (Phi) is 4.56. The summed E-state index contributed by atoms with van der Waals surface area (Å²) in [5, 5.41) is 0.259. The molecule has 1 saturated heterocycles. The van der Waals surface area contributed by atoms with Gasteiger partial charge in [0.05, 0.1) is 18.0 Å². The molecule has 0 unspecified atom stereocenters. The van der Waals surface area contributed by atoms with Crippen LogP contribution in [0, 0.1) is 5.92 Å². The van der Waals surface area contributed by atoms with Crippen molar-refractivity contribution in [3.05, 3.63) is 0 Å². The van der Waals surface area contributed by atoms with Crippen LogP contribution in [0.25, 0.3) is 0 Å². The summed E-state index contributed by atoms with van der Waals surface area (Å²) in [6.07, 6.45) is 0. The molecule has 0 saturated carbocycles. The van der Waals surface area contributed by atoms with E-state index >= 15 is 0 Å². The van der Waals surface area contributed by atoms with E-state index in [1.165, 1.54) is 0 Å². The SMILES string of the molecule is C[C@H]1CO[C@@](C)(CO[Si](C)(C)C(C)(C)C)[C@@H]1Br. The van der Waals surface area contributed by atoms with Gasteiger partial charge in [-0.1, -0.05) is 43.6 Å². The van der Waals surface area contributed by atoms with E-state index in [1.54, 1.807) is 0 Å². The summed E-state index contributed by atoms with van der Waals surface area (Å²) >= 11 is 3.75. The van der Waals surface area contributed by atoms with Gasteiger partial charge in [-0.15, -0.1) is 0 Å². The van der Waals surface area contributed by atoms with Crippen molar-refractivity contribution in [2.75, 3.05) is 13.2 Å². The molecule has 0 aromatic heterocycles. The van der Waals surface area contributed by atoms with Crippen molar-refractivity contribution in [1.82, 2.24) is 0 Å². The summed E-state index contributed by atoms with van der Waals surface area (Å²) in [7, 11) is -1.67. The third-order valence-electron chi connectivity index (χ3n) is 4.28. The topological polar surface area (TPSA) is 18.5 Å². The van der Waals surface area contributed by atoms with Crippen LogP contribution in [-0.2, 0) is 9.16 Å². The van der Waals surface area contributed by atoms with E-state index in [4.69, 9.17) is 9.16 Å². The second-order valence-electron chi connectivity index (χ2n) is 7.05. The third-order valence-corrected chi connectivity index (χ3v) is 10.6. The maximum absolute atomic E-state index is 6.28. The second-order valence-corrected chi connectivity index (χ2v) is 12.8. The minimum absolute atomic E-state index is 0.172. The predicted octanol–water partition coefficient (Wildman–Crippen LogP) is 4.20. The van der Waals surface area contributed by atoms with E-state index in [0.717, 1.165) is 6.61 Å². The van der Waals surface area contributed by atoms with E-state index in [0.29, 0.717) is 17.4 Å². The fourth-order valence-corrected chi connectivity index (χ4v) is 3.25. The lowest BCUT2D eigenvalue weighted by Gasteiger charge is -2.39. The molecule has 0 amide bonds. The molecule has 0 aliphatic carbocycles. The zero-order valence-corrected chi connectivity index (χ0v) is 14.8. The van der Waals surface area contributed by atoms with Gasteiger partial charge in [0, 0.05) is 0 Å². The van der Waals surface area contributed by atoms with E-state index in [2.05, 4.69) is 63.6 Å². The Balaban J connectivity index is 2.63. The first-order valence-corrected chi connectivity index (χ1v) is 10.2. The van der Waals surface area contributed by atoms with Crippen LogP contribution >= 0.6 is 15.9 Å². The smallest absolute Gasteiger partial charge is 0.192 e. The Morgan fingerprint density at radius 2 is 1.94 bits per heavy atom. The van der Waals surface area contributed by atoms with Crippen molar-refractivity contribution in [3.63, 3.8) is 0 Å². The molecule has 0 aromatic carbocycles. The molecule has 1 fully saturated rings. The average Bonchev–Trinajstić information content (AvgIpc) is 2.43. The Labute approximate surface area is 116 Å². The van der Waals surface area contributed by atoms with Crippen LogP contribution in [0.4, 0.5) is 0 Å². The van der Waals surface area contributed by atoms with Crippen molar-refractivity contribution < 1.29 is 9.16 Å². The van der Waals surface area contributed by atoms with E-state index < -0.39 is 8.32 Å². The molecule has 0 spiro atoms. The Morgan fingerprint density at radius 1 is 1.41 bits per heavy atom. The zero-order chi connectivity index (χ0) is 13.5. The van der Waals surface area contributed by atoms with Gasteiger partial charge in [0.15, 0.2) is 8.32 Å². The fraction of sp³-hybridized carbons (Fsp3) is 1.00. The van der Waals surface area contributed by atoms with Gasteiger partial charge in [0.1, 0.15) is 5.60 Å². The van der Waals surface area contributed by atoms with Crippen LogP contribution in [-0.4, -0.2) is 32.0 Å². The summed E-state index contributed by atoms with van der Waals surface area (Å²) in [6, 6.07) is 0. The minimum Gasteiger partial charge on any atom is -0.414 e. The molecule has 102 valence electrons. The van der Waals surface area contributed by atoms with E-state index in [-0.39, 0.29) is 10.6 Å². The molecule has 0 radical (unpaired) electrons. The molecule has 0 aromatic rings. The highest BCUT2D eigenvalue weighted by molar-refractivity contribution is 9.09. The third kappa shape index (κ3) is 3.34. The van der Waals surface area contributed by atoms with Crippen LogP contribution in [0.2, 0.25) is 18.1 Å². The molecular weight excluding hydrogens is 296 g/mol. The van der Waals surface area contributed by atoms with Gasteiger partial charge in [0.2, 0.25) is 0 Å². The van der Waals surface area contributed by atoms with E-state index in [1.807, 2.05) is 0 Å². The summed E-state index contributed by atoms with van der Waals surface area (Å²) in [6.45, 7) is 17.3. The maximum Gasteiger partial charge on any atom is 0.192 e. The van der Waals surface area contributed by atoms with Gasteiger partial charge in [0.25, 0.3) is 0 Å². The highest BCUT2D eigenvalue weighted by Gasteiger charge is 2.46. The van der Waals surface area contributed by atoms with E-state index in [9.17, 15) is 0 Å². The number of rotatable bonds is 3. The predicted molar refractivity (Wildman–Crippen MR) is 79.4 cm³/mol. The zero-order valence-electron chi connectivity index (χ0n) is 12.3. The average molecular weight is 323 g/mol. The maximum atomic E-state index is 6.28. The van der Waals surface area contributed by atoms with Crippen LogP contribution in [0.15, 0.2) is 0 Å². The standard InChI is InChI=1S/C13H27BrO2Si/c1-10-8-15-13(5,11(10)14)9-16-17(6,7)12(2,3)4/h10-11H,8-9H2,1-7H3/t10-,11+,13-/m0/s1. The van der Waals surface area contributed by atoms with Gasteiger partial charge in [-0.2, -0.15) is 0 Å². The summed E-state index contributed by atoms with van der Waals surface area (Å²) in [5.74, 6) is 0.558. The fourth-order valence-electron chi connectivity index (χ4n) is 1.75. The first-order valence-electron chi connectivity index (χ1n) is 6.41. The van der Waals surface area contributed by atoms with Crippen molar-refractivity contribution in [3.8, 4) is 0 Å². The molecule has 3 atom stereocenters. The first kappa shape index (κ1) is 15.7. The van der Waals surface area contributed by atoms with Crippen molar-refractivity contribution in [2.24, 2.45) is 5.92 Å². The number of halogens is 1. The Morgan fingerprint density at radius 3 is 2.29 bits per heavy atom. The lowest BCUT2D eigenvalue weighted by atomic mass is 9.98. The molecule has 1 heterocycles. The molecule has 17 heavy (non-hydrogen) atoms. The van der Waals surface area contributed by atoms with Crippen molar-refractivity contribution >= 4 is 24.2 Å². The number of hydrogen-bond donors (Lipinski definition) is 0. The van der Waals surface area contributed by atoms with Crippen LogP contribution < -0.4 is 0 Å². The first-order chi connectivity index (χ1) is 7.50. The summed E-state index contributed by atoms with van der Waals surface area (Å²) in [4.78, 5) is 0.389. The molecular formula is C13H27BrO2Si. The van der Waals surface area contributed by atoms with Crippen molar-refractivity contribution in [1.29, 1.82) is 0 Å². The molecule has 4 heteroatoms. The number of ether oxygens (including phenoxy) is 1. The van der Waals surface area contributed by atoms with Gasteiger partial charge in [-0.05, 0) is 31.0 Å². The largest absolute Gasteiger partial charge is 0.414 e. The van der Waals surface area contributed by atoms with Gasteiger partial charge in [-0.3, -0.25) is 0 Å². The molecule has 2 nitrogen and oxygen atoms in total. The van der Waals surface area contributed by atoms with Gasteiger partial charge < -0.3 is 9.16 Å². The quantitative estimate of drug-likeness (QED) is 0.572. The molecule has 1 aliphatic heterocycles. The van der Waals surface area contributed by atoms with Crippen LogP contribution in [0.1, 0.15) is 34.6 Å². The van der Waals surface area contributed by atoms with Crippen LogP contribution in [0.5, 0.6) is 0 Å². The normalized spacial score (nSPS) is 35.3. The lowest BCUT2D eigenvalue weighted by molar-refractivity contribution is -0.0168. The Bertz CT molecular complexity index is 275. The van der Waals surface area contributed by atoms with Gasteiger partial charge >= 0.3 is 0 Å². The van der Waals surface area contributed by atoms with Crippen LogP contribution in [0.3, 0.4) is 0 Å². The molecule has 1 rings (SSSR count).